The van der Waals surface area contributed by atoms with Crippen LogP contribution in [0.15, 0.2) is 29.7 Å². The number of ether oxygens (including phenoxy) is 1. The van der Waals surface area contributed by atoms with Crippen LogP contribution in [0.1, 0.15) is 25.7 Å². The quantitative estimate of drug-likeness (QED) is 0.399. The number of nitrogens with one attached hydrogen (secondary N) is 2. The van der Waals surface area contributed by atoms with Crippen molar-refractivity contribution < 1.29 is 23.6 Å². The van der Waals surface area contributed by atoms with E-state index < -0.39 is 17.5 Å². The maximum atomic E-state index is 13.4. The fraction of sp³-hybridized carbons (Fsp3) is 0.474. The summed E-state index contributed by atoms with van der Waals surface area (Å²) in [6, 6.07) is 2.84. The average Bonchev–Trinajstić information content (AvgIpc) is 3.15. The fourth-order valence-corrected chi connectivity index (χ4v) is 3.51. The van der Waals surface area contributed by atoms with Crippen LogP contribution in [0.3, 0.4) is 0 Å². The van der Waals surface area contributed by atoms with Gasteiger partial charge in [-0.05, 0) is 37.8 Å². The molecule has 1 aliphatic carbocycles. The Kier molecular flexibility index (Phi) is 6.39. The van der Waals surface area contributed by atoms with E-state index in [1.807, 2.05) is 4.90 Å². The Morgan fingerprint density at radius 1 is 1.19 bits per heavy atom. The highest BCUT2D eigenvalue weighted by Crippen LogP contribution is 2.26. The van der Waals surface area contributed by atoms with Crippen LogP contribution >= 0.6 is 0 Å². The highest BCUT2D eigenvalue weighted by atomic mass is 19.1. The molecule has 1 amide bonds. The molecule has 1 aromatic rings. The van der Waals surface area contributed by atoms with E-state index in [4.69, 9.17) is 10.1 Å². The van der Waals surface area contributed by atoms with Gasteiger partial charge in [-0.2, -0.15) is 0 Å². The first-order valence-corrected chi connectivity index (χ1v) is 9.32. The number of halogens is 2. The molecule has 0 aromatic heterocycles. The summed E-state index contributed by atoms with van der Waals surface area (Å²) in [5, 5.41) is 12.5. The summed E-state index contributed by atoms with van der Waals surface area (Å²) in [7, 11) is 0. The van der Waals surface area contributed by atoms with Crippen LogP contribution in [0.2, 0.25) is 0 Å². The zero-order valence-electron chi connectivity index (χ0n) is 15.1. The number of allylic oxidation sites excluding steroid dienone is 1. The minimum Gasteiger partial charge on any atom is -0.483 e. The first-order chi connectivity index (χ1) is 13.1. The normalized spacial score (nSPS) is 18.8. The molecule has 0 unspecified atom stereocenters. The first kappa shape index (κ1) is 19.3. The number of carbonyl (C=O) groups excluding carboxylic acids is 1. The lowest BCUT2D eigenvalue weighted by molar-refractivity contribution is -0.662. The minimum atomic E-state index is -0.772. The molecule has 4 N–H and O–H groups in total. The van der Waals surface area contributed by atoms with Crippen molar-refractivity contribution in [2.24, 2.45) is 0 Å². The van der Waals surface area contributed by atoms with Crippen molar-refractivity contribution >= 4 is 17.8 Å². The van der Waals surface area contributed by atoms with Gasteiger partial charge in [0.15, 0.2) is 0 Å². The van der Waals surface area contributed by atoms with E-state index in [-0.39, 0.29) is 17.6 Å². The number of nitrogens with two attached hydrogens (primary N) is 1. The van der Waals surface area contributed by atoms with E-state index >= 15 is 0 Å². The molecule has 1 heterocycles. The number of benzene rings is 1. The monoisotopic (exact) mass is 379 g/mol. The van der Waals surface area contributed by atoms with Crippen LogP contribution in [0, 0.1) is 17.0 Å². The molecule has 0 bridgehead atoms. The second-order valence-corrected chi connectivity index (χ2v) is 6.85. The molecular formula is C19H25F2N4O2+. The SMILES string of the molecule is N=CC(=C(OC1CCCC1)C(=O)Nc1cc(F)cc(F)c1)N1CC[NH2+]CC1. The second-order valence-electron chi connectivity index (χ2n) is 6.85. The van der Waals surface area contributed by atoms with Gasteiger partial charge in [-0.15, -0.1) is 0 Å². The van der Waals surface area contributed by atoms with E-state index in [2.05, 4.69) is 10.6 Å². The van der Waals surface area contributed by atoms with Crippen molar-refractivity contribution in [2.45, 2.75) is 31.8 Å². The molecule has 27 heavy (non-hydrogen) atoms. The Bertz CT molecular complexity index is 706. The zero-order valence-corrected chi connectivity index (χ0v) is 15.1. The van der Waals surface area contributed by atoms with E-state index in [1.165, 1.54) is 0 Å². The molecule has 3 rings (SSSR count). The third-order valence-electron chi connectivity index (χ3n) is 4.83. The number of nitrogens with zero attached hydrogens (tertiary/aromatic N) is 1. The lowest BCUT2D eigenvalue weighted by atomic mass is 10.2. The maximum Gasteiger partial charge on any atom is 0.293 e. The van der Waals surface area contributed by atoms with Crippen molar-refractivity contribution in [1.82, 2.24) is 4.90 Å². The van der Waals surface area contributed by atoms with Gasteiger partial charge in [0.1, 0.15) is 17.3 Å². The van der Waals surface area contributed by atoms with E-state index in [0.29, 0.717) is 18.8 Å². The van der Waals surface area contributed by atoms with Crippen LogP contribution in [-0.4, -0.2) is 49.3 Å². The second kappa shape index (κ2) is 8.94. The number of rotatable bonds is 6. The predicted molar refractivity (Wildman–Crippen MR) is 97.4 cm³/mol. The fourth-order valence-electron chi connectivity index (χ4n) is 3.51. The van der Waals surface area contributed by atoms with Crippen LogP contribution in [0.5, 0.6) is 0 Å². The summed E-state index contributed by atoms with van der Waals surface area (Å²) in [4.78, 5) is 14.8. The summed E-state index contributed by atoms with van der Waals surface area (Å²) < 4.78 is 32.9. The number of quaternary nitrogens is 1. The van der Waals surface area contributed by atoms with Crippen LogP contribution in [-0.2, 0) is 9.53 Å². The topological polar surface area (TPSA) is 82.0 Å². The average molecular weight is 379 g/mol. The number of hydrogen-bond acceptors (Lipinski definition) is 4. The Balaban J connectivity index is 1.88. The molecule has 1 saturated heterocycles. The van der Waals surface area contributed by atoms with Gasteiger partial charge in [-0.25, -0.2) is 8.78 Å². The van der Waals surface area contributed by atoms with Crippen LogP contribution < -0.4 is 10.6 Å². The summed E-state index contributed by atoms with van der Waals surface area (Å²) in [5.41, 5.74) is 0.422. The molecule has 2 aliphatic rings. The van der Waals surface area contributed by atoms with E-state index in [1.54, 1.807) is 0 Å². The van der Waals surface area contributed by atoms with Gasteiger partial charge >= 0.3 is 0 Å². The lowest BCUT2D eigenvalue weighted by Gasteiger charge is -2.29. The van der Waals surface area contributed by atoms with Crippen molar-refractivity contribution in [1.29, 1.82) is 5.41 Å². The Labute approximate surface area is 157 Å². The van der Waals surface area contributed by atoms with Gasteiger partial charge in [0.05, 0.1) is 32.3 Å². The minimum absolute atomic E-state index is 0.0151. The molecule has 6 nitrogen and oxygen atoms in total. The molecule has 146 valence electrons. The van der Waals surface area contributed by atoms with Gasteiger partial charge < -0.3 is 25.7 Å². The summed E-state index contributed by atoms with van der Waals surface area (Å²) in [6.07, 6.45) is 4.82. The smallest absolute Gasteiger partial charge is 0.293 e. The van der Waals surface area contributed by atoms with Gasteiger partial charge in [-0.1, -0.05) is 0 Å². The van der Waals surface area contributed by atoms with Crippen LogP contribution in [0.4, 0.5) is 14.5 Å². The van der Waals surface area contributed by atoms with Crippen molar-refractivity contribution in [2.75, 3.05) is 31.5 Å². The van der Waals surface area contributed by atoms with Crippen molar-refractivity contribution in [3.63, 3.8) is 0 Å². The number of carbonyl (C=O) groups is 1. The van der Waals surface area contributed by atoms with E-state index in [0.717, 1.165) is 63.2 Å². The molecule has 0 spiro atoms. The molecule has 1 aromatic carbocycles. The number of hydrogen-bond donors (Lipinski definition) is 3. The number of anilines is 1. The summed E-state index contributed by atoms with van der Waals surface area (Å²) in [6.45, 7) is 3.13. The summed E-state index contributed by atoms with van der Waals surface area (Å²) >= 11 is 0. The number of piperazine rings is 1. The van der Waals surface area contributed by atoms with Gasteiger partial charge in [0.25, 0.3) is 5.91 Å². The van der Waals surface area contributed by atoms with Gasteiger partial charge in [0, 0.05) is 18.0 Å². The number of amides is 1. The predicted octanol–water partition coefficient (Wildman–Crippen LogP) is 1.60. The Hall–Kier alpha value is -2.48. The zero-order chi connectivity index (χ0) is 19.2. The third-order valence-corrected chi connectivity index (χ3v) is 4.83. The largest absolute Gasteiger partial charge is 0.483 e. The van der Waals surface area contributed by atoms with Crippen LogP contribution in [0.25, 0.3) is 0 Å². The Morgan fingerprint density at radius 2 is 1.81 bits per heavy atom. The molecule has 1 aliphatic heterocycles. The highest BCUT2D eigenvalue weighted by Gasteiger charge is 2.27. The standard InChI is InChI=1S/C19H24F2N4O2/c20-13-9-14(21)11-15(10-13)24-19(26)18(27-16-3-1-2-4-16)17(12-22)25-7-5-23-6-8-25/h9-12,16,22-23H,1-8H2,(H,24,26)/p+1. The maximum absolute atomic E-state index is 13.4. The summed E-state index contributed by atoms with van der Waals surface area (Å²) in [5.74, 6) is -2.10. The highest BCUT2D eigenvalue weighted by molar-refractivity contribution is 6.05. The molecule has 0 radical (unpaired) electrons. The molecule has 0 atom stereocenters. The Morgan fingerprint density at radius 3 is 2.41 bits per heavy atom. The molecule has 8 heteroatoms. The molecular weight excluding hydrogens is 354 g/mol. The molecule has 1 saturated carbocycles. The van der Waals surface area contributed by atoms with Gasteiger partial charge in [0.2, 0.25) is 5.76 Å². The third kappa shape index (κ3) is 5.03. The van der Waals surface area contributed by atoms with Crippen molar-refractivity contribution in [3.05, 3.63) is 41.3 Å². The molecule has 2 fully saturated rings. The lowest BCUT2D eigenvalue weighted by Crippen LogP contribution is -2.89. The first-order valence-electron chi connectivity index (χ1n) is 9.32. The van der Waals surface area contributed by atoms with Crippen molar-refractivity contribution in [3.8, 4) is 0 Å². The van der Waals surface area contributed by atoms with E-state index in [9.17, 15) is 13.6 Å². The van der Waals surface area contributed by atoms with Gasteiger partial charge in [-0.3, -0.25) is 4.79 Å².